The molecule has 0 unspecified atom stereocenters. The number of nitrogens with zero attached hydrogens (tertiary/aromatic N) is 2. The average molecular weight is 417 g/mol. The molecule has 3 rings (SSSR count). The van der Waals surface area contributed by atoms with Crippen molar-refractivity contribution in [1.29, 1.82) is 0 Å². The summed E-state index contributed by atoms with van der Waals surface area (Å²) in [4.78, 5) is 14.5. The Morgan fingerprint density at radius 1 is 1.03 bits per heavy atom. The number of amides is 1. The average Bonchev–Trinajstić information content (AvgIpc) is 2.73. The van der Waals surface area contributed by atoms with E-state index in [1.165, 1.54) is 31.8 Å². The third-order valence-corrected chi connectivity index (χ3v) is 7.13. The molecule has 2 aromatic rings. The van der Waals surface area contributed by atoms with Gasteiger partial charge in [-0.05, 0) is 55.0 Å². The summed E-state index contributed by atoms with van der Waals surface area (Å²) < 4.78 is 30.9. The van der Waals surface area contributed by atoms with E-state index in [1.54, 1.807) is 12.1 Å². The fourth-order valence-corrected chi connectivity index (χ4v) is 4.39. The van der Waals surface area contributed by atoms with E-state index < -0.39 is 10.0 Å². The van der Waals surface area contributed by atoms with Gasteiger partial charge in [0.1, 0.15) is 5.75 Å². The predicted molar refractivity (Wildman–Crippen MR) is 112 cm³/mol. The van der Waals surface area contributed by atoms with Gasteiger partial charge in [-0.25, -0.2) is 12.7 Å². The number of hydrogen-bond donors (Lipinski definition) is 0. The molecule has 0 aromatic heterocycles. The maximum Gasteiger partial charge on any atom is 0.260 e. The van der Waals surface area contributed by atoms with E-state index in [-0.39, 0.29) is 17.4 Å². The summed E-state index contributed by atoms with van der Waals surface area (Å²) >= 11 is 0. The molecule has 6 nitrogen and oxygen atoms in total. The van der Waals surface area contributed by atoms with Gasteiger partial charge >= 0.3 is 0 Å². The molecule has 0 bridgehead atoms. The maximum atomic E-state index is 12.5. The summed E-state index contributed by atoms with van der Waals surface area (Å²) in [5, 5.41) is 0. The quantitative estimate of drug-likeness (QED) is 0.696. The summed E-state index contributed by atoms with van der Waals surface area (Å²) in [6.45, 7) is 1.46. The maximum absolute atomic E-state index is 12.5. The number of carbonyl (C=O) groups is 1. The lowest BCUT2D eigenvalue weighted by atomic mass is 9.90. The molecule has 2 aromatic carbocycles. The molecule has 1 fully saturated rings. The molecular formula is C22H28N2O4S. The first kappa shape index (κ1) is 21.3. The summed E-state index contributed by atoms with van der Waals surface area (Å²) in [7, 11) is -0.492. The lowest BCUT2D eigenvalue weighted by molar-refractivity contribution is -0.134. The van der Waals surface area contributed by atoms with Crippen LogP contribution in [0.25, 0.3) is 0 Å². The number of hydrogen-bond acceptors (Lipinski definition) is 4. The van der Waals surface area contributed by atoms with Crippen LogP contribution < -0.4 is 4.74 Å². The van der Waals surface area contributed by atoms with Crippen molar-refractivity contribution in [3.8, 4) is 5.75 Å². The largest absolute Gasteiger partial charge is 0.484 e. The highest BCUT2D eigenvalue weighted by molar-refractivity contribution is 7.89. The fraction of sp³-hybridized carbons (Fsp3) is 0.409. The number of benzene rings is 2. The van der Waals surface area contributed by atoms with Gasteiger partial charge < -0.3 is 9.64 Å². The van der Waals surface area contributed by atoms with Crippen LogP contribution in [0.15, 0.2) is 59.5 Å². The highest BCUT2D eigenvalue weighted by Gasteiger charge is 2.23. The molecule has 1 aliphatic rings. The molecule has 0 N–H and O–H groups in total. The molecule has 0 radical (unpaired) electrons. The molecule has 0 saturated carbocycles. The molecule has 1 amide bonds. The smallest absolute Gasteiger partial charge is 0.260 e. The van der Waals surface area contributed by atoms with Gasteiger partial charge in [0, 0.05) is 27.2 Å². The van der Waals surface area contributed by atoms with Crippen molar-refractivity contribution in [3.05, 3.63) is 60.2 Å². The summed E-state index contributed by atoms with van der Waals surface area (Å²) in [5.74, 6) is 1.05. The number of likely N-dealkylation sites (tertiary alicyclic amines) is 1. The van der Waals surface area contributed by atoms with E-state index in [2.05, 4.69) is 24.3 Å². The van der Waals surface area contributed by atoms with E-state index >= 15 is 0 Å². The number of sulfonamides is 1. The fourth-order valence-electron chi connectivity index (χ4n) is 3.49. The zero-order valence-corrected chi connectivity index (χ0v) is 17.8. The molecule has 29 heavy (non-hydrogen) atoms. The lowest BCUT2D eigenvalue weighted by Gasteiger charge is -2.32. The summed E-state index contributed by atoms with van der Waals surface area (Å²) in [6.07, 6.45) is 3.05. The minimum absolute atomic E-state index is 0.0341. The zero-order valence-electron chi connectivity index (χ0n) is 17.0. The third-order valence-electron chi connectivity index (χ3n) is 5.30. The van der Waals surface area contributed by atoms with Gasteiger partial charge in [0.2, 0.25) is 10.0 Å². The van der Waals surface area contributed by atoms with Gasteiger partial charge in [-0.1, -0.05) is 30.3 Å². The Kier molecular flexibility index (Phi) is 6.92. The topological polar surface area (TPSA) is 66.9 Å². The molecule has 0 atom stereocenters. The second kappa shape index (κ2) is 9.41. The van der Waals surface area contributed by atoms with Crippen LogP contribution in [-0.2, 0) is 21.2 Å². The Bertz CT molecular complexity index is 904. The Labute approximate surface area is 173 Å². The van der Waals surface area contributed by atoms with Crippen molar-refractivity contribution in [1.82, 2.24) is 9.21 Å². The van der Waals surface area contributed by atoms with Crippen LogP contribution in [0, 0.1) is 5.92 Å². The molecule has 1 saturated heterocycles. The first-order chi connectivity index (χ1) is 13.9. The molecule has 0 spiro atoms. The van der Waals surface area contributed by atoms with E-state index in [9.17, 15) is 13.2 Å². The minimum atomic E-state index is -3.47. The molecular weight excluding hydrogens is 388 g/mol. The van der Waals surface area contributed by atoms with Crippen LogP contribution in [0.5, 0.6) is 5.75 Å². The van der Waals surface area contributed by atoms with Crippen molar-refractivity contribution < 1.29 is 17.9 Å². The van der Waals surface area contributed by atoms with Crippen LogP contribution in [-0.4, -0.2) is 57.3 Å². The second-order valence-electron chi connectivity index (χ2n) is 7.56. The highest BCUT2D eigenvalue weighted by Crippen LogP contribution is 2.22. The van der Waals surface area contributed by atoms with E-state index in [0.29, 0.717) is 11.7 Å². The molecule has 1 heterocycles. The van der Waals surface area contributed by atoms with Crippen molar-refractivity contribution in [3.63, 3.8) is 0 Å². The van der Waals surface area contributed by atoms with Crippen LogP contribution in [0.4, 0.5) is 0 Å². The highest BCUT2D eigenvalue weighted by atomic mass is 32.2. The van der Waals surface area contributed by atoms with Crippen LogP contribution >= 0.6 is 0 Å². The summed E-state index contributed by atoms with van der Waals surface area (Å²) in [5.41, 5.74) is 1.35. The predicted octanol–water partition coefficient (Wildman–Crippen LogP) is 2.80. The van der Waals surface area contributed by atoms with E-state index in [4.69, 9.17) is 4.74 Å². The third kappa shape index (κ3) is 5.58. The zero-order chi connectivity index (χ0) is 20.9. The SMILES string of the molecule is CN(C)S(=O)(=O)c1ccc(OCC(=O)N2CCC(Cc3ccccc3)CC2)cc1. The van der Waals surface area contributed by atoms with Gasteiger partial charge in [0.25, 0.3) is 5.91 Å². The first-order valence-corrected chi connectivity index (χ1v) is 11.3. The molecule has 7 heteroatoms. The van der Waals surface area contributed by atoms with Crippen molar-refractivity contribution >= 4 is 15.9 Å². The van der Waals surface area contributed by atoms with Gasteiger partial charge in [0.05, 0.1) is 4.90 Å². The Balaban J connectivity index is 1.45. The monoisotopic (exact) mass is 416 g/mol. The van der Waals surface area contributed by atoms with E-state index in [1.807, 2.05) is 11.0 Å². The Morgan fingerprint density at radius 2 is 1.66 bits per heavy atom. The van der Waals surface area contributed by atoms with Gasteiger partial charge in [-0.3, -0.25) is 4.79 Å². The van der Waals surface area contributed by atoms with Gasteiger partial charge in [0.15, 0.2) is 6.61 Å². The number of rotatable bonds is 7. The summed E-state index contributed by atoms with van der Waals surface area (Å²) in [6, 6.07) is 16.6. The lowest BCUT2D eigenvalue weighted by Crippen LogP contribution is -2.41. The second-order valence-corrected chi connectivity index (χ2v) is 9.71. The first-order valence-electron chi connectivity index (χ1n) is 9.83. The number of piperidine rings is 1. The van der Waals surface area contributed by atoms with Crippen molar-refractivity contribution in [2.45, 2.75) is 24.2 Å². The number of carbonyl (C=O) groups excluding carboxylic acids is 1. The standard InChI is InChI=1S/C22H28N2O4S/c1-23(2)29(26,27)21-10-8-20(9-11-21)28-17-22(25)24-14-12-19(13-15-24)16-18-6-4-3-5-7-18/h3-11,19H,12-17H2,1-2H3. The molecule has 0 aliphatic carbocycles. The van der Waals surface area contributed by atoms with Crippen LogP contribution in [0.1, 0.15) is 18.4 Å². The molecule has 1 aliphatic heterocycles. The van der Waals surface area contributed by atoms with Crippen LogP contribution in [0.2, 0.25) is 0 Å². The van der Waals surface area contributed by atoms with Crippen molar-refractivity contribution in [2.75, 3.05) is 33.8 Å². The number of ether oxygens (including phenoxy) is 1. The normalized spacial score (nSPS) is 15.5. The van der Waals surface area contributed by atoms with Gasteiger partial charge in [-0.2, -0.15) is 0 Å². The van der Waals surface area contributed by atoms with Gasteiger partial charge in [-0.15, -0.1) is 0 Å². The Morgan fingerprint density at radius 3 is 2.24 bits per heavy atom. The molecule has 156 valence electrons. The minimum Gasteiger partial charge on any atom is -0.484 e. The van der Waals surface area contributed by atoms with E-state index in [0.717, 1.165) is 36.7 Å². The van der Waals surface area contributed by atoms with Crippen molar-refractivity contribution in [2.24, 2.45) is 5.92 Å². The Hall–Kier alpha value is -2.38. The van der Waals surface area contributed by atoms with Crippen LogP contribution in [0.3, 0.4) is 0 Å².